The smallest absolute Gasteiger partial charge is 0.123 e. The maximum Gasteiger partial charge on any atom is 0.123 e. The molecule has 96 valence electrons. The van der Waals surface area contributed by atoms with Gasteiger partial charge in [-0.05, 0) is 47.0 Å². The molecule has 2 unspecified atom stereocenters. The lowest BCUT2D eigenvalue weighted by atomic mass is 10.1. The summed E-state index contributed by atoms with van der Waals surface area (Å²) in [7, 11) is 0. The van der Waals surface area contributed by atoms with Crippen LogP contribution in [0.1, 0.15) is 18.4 Å². The molecule has 0 aromatic heterocycles. The van der Waals surface area contributed by atoms with Crippen LogP contribution in [0.3, 0.4) is 0 Å². The van der Waals surface area contributed by atoms with E-state index in [1.165, 1.54) is 18.5 Å². The van der Waals surface area contributed by atoms with E-state index >= 15 is 0 Å². The fraction of sp³-hybridized carbons (Fsp3) is 0.462. The minimum atomic E-state index is 0.0930. The summed E-state index contributed by atoms with van der Waals surface area (Å²) < 4.78 is 6.71. The Morgan fingerprint density at radius 1 is 1.33 bits per heavy atom. The van der Waals surface area contributed by atoms with Crippen molar-refractivity contribution >= 4 is 27.5 Å². The molecule has 4 nitrogen and oxygen atoms in total. The van der Waals surface area contributed by atoms with Gasteiger partial charge in [-0.25, -0.2) is 0 Å². The second-order valence-corrected chi connectivity index (χ2v) is 5.79. The molecular weight excluding hydrogens is 294 g/mol. The minimum absolute atomic E-state index is 0.0930. The van der Waals surface area contributed by atoms with Crippen molar-refractivity contribution in [2.24, 2.45) is 5.73 Å². The average molecular weight is 310 g/mol. The second kappa shape index (κ2) is 4.55. The Balaban J connectivity index is 1.84. The van der Waals surface area contributed by atoms with E-state index in [9.17, 15) is 0 Å². The zero-order valence-electron chi connectivity index (χ0n) is 10.0. The van der Waals surface area contributed by atoms with Crippen LogP contribution in [-0.4, -0.2) is 31.1 Å². The van der Waals surface area contributed by atoms with Crippen LogP contribution in [0.2, 0.25) is 0 Å². The van der Waals surface area contributed by atoms with Crippen molar-refractivity contribution in [2.45, 2.75) is 25.0 Å². The maximum absolute atomic E-state index is 7.48. The number of hydrogen-bond donors (Lipinski definition) is 2. The van der Waals surface area contributed by atoms with Gasteiger partial charge < -0.3 is 15.4 Å². The van der Waals surface area contributed by atoms with Crippen LogP contribution in [0.25, 0.3) is 0 Å². The summed E-state index contributed by atoms with van der Waals surface area (Å²) in [5, 5.41) is 7.48. The molecule has 18 heavy (non-hydrogen) atoms. The number of nitrogen functional groups attached to an aromatic ring is 1. The van der Waals surface area contributed by atoms with Crippen LogP contribution in [0, 0.1) is 5.41 Å². The van der Waals surface area contributed by atoms with Crippen molar-refractivity contribution in [3.8, 4) is 0 Å². The normalized spacial score (nSPS) is 26.4. The Kier molecular flexibility index (Phi) is 3.03. The molecule has 0 aliphatic carbocycles. The van der Waals surface area contributed by atoms with Crippen molar-refractivity contribution in [1.82, 2.24) is 0 Å². The van der Waals surface area contributed by atoms with Gasteiger partial charge in [0.05, 0.1) is 12.2 Å². The third-order valence-electron chi connectivity index (χ3n) is 3.65. The number of halogens is 1. The van der Waals surface area contributed by atoms with Gasteiger partial charge in [0, 0.05) is 28.8 Å². The Morgan fingerprint density at radius 2 is 2.00 bits per heavy atom. The van der Waals surface area contributed by atoms with E-state index in [2.05, 4.69) is 20.8 Å². The van der Waals surface area contributed by atoms with Gasteiger partial charge in [0.15, 0.2) is 0 Å². The number of amidine groups is 1. The third-order valence-corrected chi connectivity index (χ3v) is 4.31. The molecule has 3 N–H and O–H groups in total. The highest BCUT2D eigenvalue weighted by molar-refractivity contribution is 9.10. The number of hydrogen-bond acceptors (Lipinski definition) is 3. The van der Waals surface area contributed by atoms with Crippen LogP contribution in [0.4, 0.5) is 5.69 Å². The third kappa shape index (κ3) is 2.12. The van der Waals surface area contributed by atoms with Crippen molar-refractivity contribution in [3.63, 3.8) is 0 Å². The zero-order chi connectivity index (χ0) is 12.7. The van der Waals surface area contributed by atoms with Crippen molar-refractivity contribution < 1.29 is 4.74 Å². The summed E-state index contributed by atoms with van der Waals surface area (Å²) in [6.45, 7) is 1.92. The van der Waals surface area contributed by atoms with Gasteiger partial charge in [-0.1, -0.05) is 0 Å². The Morgan fingerprint density at radius 3 is 2.56 bits per heavy atom. The summed E-state index contributed by atoms with van der Waals surface area (Å²) in [5.74, 6) is 0.0930. The lowest BCUT2D eigenvalue weighted by Crippen LogP contribution is -2.42. The largest absolute Gasteiger partial charge is 0.384 e. The van der Waals surface area contributed by atoms with E-state index in [-0.39, 0.29) is 5.84 Å². The van der Waals surface area contributed by atoms with Gasteiger partial charge in [-0.15, -0.1) is 0 Å². The van der Waals surface area contributed by atoms with Crippen LogP contribution < -0.4 is 10.6 Å². The molecule has 2 heterocycles. The van der Waals surface area contributed by atoms with E-state index < -0.39 is 0 Å². The van der Waals surface area contributed by atoms with Gasteiger partial charge in [0.25, 0.3) is 0 Å². The molecule has 2 saturated heterocycles. The molecule has 2 aliphatic rings. The van der Waals surface area contributed by atoms with Crippen molar-refractivity contribution in [3.05, 3.63) is 28.2 Å². The number of nitrogens with one attached hydrogen (secondary N) is 1. The highest BCUT2D eigenvalue weighted by Crippen LogP contribution is 2.31. The van der Waals surface area contributed by atoms with Crippen LogP contribution in [0.15, 0.2) is 22.7 Å². The number of ether oxygens (including phenoxy) is 1. The topological polar surface area (TPSA) is 62.3 Å². The van der Waals surface area contributed by atoms with E-state index in [0.717, 1.165) is 23.1 Å². The molecule has 5 heteroatoms. The van der Waals surface area contributed by atoms with Gasteiger partial charge >= 0.3 is 0 Å². The summed E-state index contributed by atoms with van der Waals surface area (Å²) in [6, 6.07) is 5.98. The molecule has 0 saturated carbocycles. The first-order valence-electron chi connectivity index (χ1n) is 6.18. The molecule has 0 radical (unpaired) electrons. The van der Waals surface area contributed by atoms with E-state index in [4.69, 9.17) is 15.9 Å². The molecular formula is C13H16BrN3O. The first-order chi connectivity index (χ1) is 8.63. The molecule has 3 rings (SSSR count). The number of anilines is 1. The molecule has 0 spiro atoms. The number of nitrogens with zero attached hydrogens (tertiary/aromatic N) is 1. The molecule has 1 aromatic carbocycles. The second-order valence-electron chi connectivity index (χ2n) is 4.94. The molecule has 1 aromatic rings. The fourth-order valence-corrected chi connectivity index (χ4v) is 3.33. The molecule has 0 amide bonds. The summed E-state index contributed by atoms with van der Waals surface area (Å²) >= 11 is 3.48. The first-order valence-corrected chi connectivity index (χ1v) is 6.97. The van der Waals surface area contributed by atoms with E-state index in [0.29, 0.717) is 12.2 Å². The fourth-order valence-electron chi connectivity index (χ4n) is 2.74. The van der Waals surface area contributed by atoms with Crippen molar-refractivity contribution in [2.75, 3.05) is 18.0 Å². The molecule has 2 fully saturated rings. The van der Waals surface area contributed by atoms with E-state index in [1.807, 2.05) is 18.2 Å². The number of morpholine rings is 1. The quantitative estimate of drug-likeness (QED) is 0.649. The summed E-state index contributed by atoms with van der Waals surface area (Å²) in [5.41, 5.74) is 7.44. The standard InChI is InChI=1S/C13H16BrN3O/c14-12-5-8(1-4-11(12)13(15)16)17-6-9-2-3-10(7-17)18-9/h1,4-5,9-10H,2-3,6-7H2,(H3,15,16). The minimum Gasteiger partial charge on any atom is -0.384 e. The zero-order valence-corrected chi connectivity index (χ0v) is 11.6. The highest BCUT2D eigenvalue weighted by atomic mass is 79.9. The first kappa shape index (κ1) is 12.0. The van der Waals surface area contributed by atoms with Gasteiger partial charge in [0.2, 0.25) is 0 Å². The average Bonchev–Trinajstić information content (AvgIpc) is 2.67. The Labute approximate surface area is 115 Å². The lowest BCUT2D eigenvalue weighted by Gasteiger charge is -2.34. The summed E-state index contributed by atoms with van der Waals surface area (Å²) in [4.78, 5) is 2.36. The highest BCUT2D eigenvalue weighted by Gasteiger charge is 2.33. The SMILES string of the molecule is N=C(N)c1ccc(N2CC3CCC(C2)O3)cc1Br. The number of benzene rings is 1. The molecule has 2 bridgehead atoms. The van der Waals surface area contributed by atoms with Gasteiger partial charge in [0.1, 0.15) is 5.84 Å². The number of rotatable bonds is 2. The van der Waals surface area contributed by atoms with Crippen molar-refractivity contribution in [1.29, 1.82) is 5.41 Å². The Hall–Kier alpha value is -1.07. The number of nitrogens with two attached hydrogens (primary N) is 1. The lowest BCUT2D eigenvalue weighted by molar-refractivity contribution is 0.0305. The predicted octanol–water partition coefficient (Wildman–Crippen LogP) is 2.10. The van der Waals surface area contributed by atoms with Crippen LogP contribution in [0.5, 0.6) is 0 Å². The van der Waals surface area contributed by atoms with Crippen LogP contribution >= 0.6 is 15.9 Å². The van der Waals surface area contributed by atoms with E-state index in [1.54, 1.807) is 0 Å². The van der Waals surface area contributed by atoms with Gasteiger partial charge in [-0.2, -0.15) is 0 Å². The number of fused-ring (bicyclic) bond motifs is 2. The predicted molar refractivity (Wildman–Crippen MR) is 75.3 cm³/mol. The summed E-state index contributed by atoms with van der Waals surface area (Å²) in [6.07, 6.45) is 3.12. The molecule has 2 aliphatic heterocycles. The van der Waals surface area contributed by atoms with Gasteiger partial charge in [-0.3, -0.25) is 5.41 Å². The molecule has 2 atom stereocenters. The monoisotopic (exact) mass is 309 g/mol. The maximum atomic E-state index is 7.48. The van der Waals surface area contributed by atoms with Crippen LogP contribution in [-0.2, 0) is 4.74 Å². The Bertz CT molecular complexity index is 479.